The van der Waals surface area contributed by atoms with Crippen molar-refractivity contribution >= 4 is 23.6 Å². The van der Waals surface area contributed by atoms with Crippen LogP contribution >= 0.6 is 11.8 Å². The first-order valence-corrected chi connectivity index (χ1v) is 11.4. The summed E-state index contributed by atoms with van der Waals surface area (Å²) in [5, 5.41) is 2.87. The maximum atomic E-state index is 13.1. The van der Waals surface area contributed by atoms with Crippen LogP contribution in [-0.4, -0.2) is 35.1 Å². The highest BCUT2D eigenvalue weighted by Gasteiger charge is 2.28. The monoisotopic (exact) mass is 412 g/mol. The van der Waals surface area contributed by atoms with Crippen LogP contribution in [-0.2, 0) is 21.9 Å². The van der Waals surface area contributed by atoms with Crippen molar-refractivity contribution in [2.45, 2.75) is 52.5 Å². The first kappa shape index (κ1) is 23.0. The molecule has 156 valence electrons. The number of hydrogen-bond acceptors (Lipinski definition) is 3. The van der Waals surface area contributed by atoms with Crippen molar-refractivity contribution in [1.82, 2.24) is 10.2 Å². The molecule has 2 rings (SSSR count). The first-order chi connectivity index (χ1) is 13.9. The number of carbonyl (C=O) groups excluding carboxylic acids is 2. The van der Waals surface area contributed by atoms with Crippen LogP contribution in [0.4, 0.5) is 0 Å². The Morgan fingerprint density at radius 1 is 1.00 bits per heavy atom. The Morgan fingerprint density at radius 2 is 1.66 bits per heavy atom. The van der Waals surface area contributed by atoms with Gasteiger partial charge in [0.05, 0.1) is 5.75 Å². The number of nitrogens with one attached hydrogen (secondary N) is 1. The third kappa shape index (κ3) is 7.24. The van der Waals surface area contributed by atoms with Crippen molar-refractivity contribution in [2.75, 3.05) is 12.3 Å². The summed E-state index contributed by atoms with van der Waals surface area (Å²) in [7, 11) is 0. The molecule has 0 aliphatic rings. The van der Waals surface area contributed by atoms with Crippen LogP contribution in [0.1, 0.15) is 42.5 Å². The number of hydrogen-bond donors (Lipinski definition) is 1. The molecule has 4 nitrogen and oxygen atoms in total. The topological polar surface area (TPSA) is 49.4 Å². The summed E-state index contributed by atoms with van der Waals surface area (Å²) < 4.78 is 0. The van der Waals surface area contributed by atoms with Crippen LogP contribution in [0.3, 0.4) is 0 Å². The minimum absolute atomic E-state index is 0.00123. The molecular weight excluding hydrogens is 380 g/mol. The average Bonchev–Trinajstić information content (AvgIpc) is 2.68. The minimum atomic E-state index is -0.454. The summed E-state index contributed by atoms with van der Waals surface area (Å²) in [4.78, 5) is 27.4. The van der Waals surface area contributed by atoms with Crippen molar-refractivity contribution in [2.24, 2.45) is 0 Å². The van der Waals surface area contributed by atoms with Crippen LogP contribution in [0.2, 0.25) is 0 Å². The average molecular weight is 413 g/mol. The number of carbonyl (C=O) groups is 2. The summed E-state index contributed by atoms with van der Waals surface area (Å²) in [5.74, 6) is 1.06. The standard InChI is InChI=1S/C24H32N2O2S/c1-5-22(24(28)25-6-2)26(15-20-10-8-7-9-11-20)23(27)17-29-16-21-13-18(3)12-19(4)14-21/h7-14,22H,5-6,15-17H2,1-4H3,(H,25,28)/t22-/m1/s1. The molecule has 0 heterocycles. The summed E-state index contributed by atoms with van der Waals surface area (Å²) in [6.45, 7) is 9.03. The number of thioether (sulfide) groups is 1. The van der Waals surface area contributed by atoms with Gasteiger partial charge in [-0.05, 0) is 38.3 Å². The van der Waals surface area contributed by atoms with Crippen molar-refractivity contribution in [3.8, 4) is 0 Å². The van der Waals surface area contributed by atoms with E-state index in [0.717, 1.165) is 11.3 Å². The van der Waals surface area contributed by atoms with Crippen LogP contribution in [0.15, 0.2) is 48.5 Å². The molecule has 2 amide bonds. The van der Waals surface area contributed by atoms with Gasteiger partial charge in [0, 0.05) is 18.8 Å². The van der Waals surface area contributed by atoms with Gasteiger partial charge < -0.3 is 10.2 Å². The smallest absolute Gasteiger partial charge is 0.242 e. The predicted octanol–water partition coefficient (Wildman–Crippen LogP) is 4.48. The number of likely N-dealkylation sites (N-methyl/N-ethyl adjacent to an activating group) is 1. The molecule has 0 spiro atoms. The Hall–Kier alpha value is -2.27. The van der Waals surface area contributed by atoms with Gasteiger partial charge in [0.15, 0.2) is 0 Å². The molecule has 0 aliphatic carbocycles. The van der Waals surface area contributed by atoms with E-state index in [4.69, 9.17) is 0 Å². The fraction of sp³-hybridized carbons (Fsp3) is 0.417. The fourth-order valence-corrected chi connectivity index (χ4v) is 4.33. The number of amides is 2. The quantitative estimate of drug-likeness (QED) is 0.626. The summed E-state index contributed by atoms with van der Waals surface area (Å²) in [6.07, 6.45) is 0.589. The molecule has 0 fully saturated rings. The van der Waals surface area contributed by atoms with Gasteiger partial charge in [0.25, 0.3) is 0 Å². The second-order valence-electron chi connectivity index (χ2n) is 7.31. The highest BCUT2D eigenvalue weighted by Crippen LogP contribution is 2.19. The fourth-order valence-electron chi connectivity index (χ4n) is 3.48. The van der Waals surface area contributed by atoms with Gasteiger partial charge in [-0.15, -0.1) is 11.8 Å². The highest BCUT2D eigenvalue weighted by atomic mass is 32.2. The zero-order valence-electron chi connectivity index (χ0n) is 17.9. The van der Waals surface area contributed by atoms with Crippen LogP contribution in [0, 0.1) is 13.8 Å². The second kappa shape index (κ2) is 11.7. The molecule has 0 unspecified atom stereocenters. The lowest BCUT2D eigenvalue weighted by Crippen LogP contribution is -2.49. The SMILES string of the molecule is CCNC(=O)[C@@H](CC)N(Cc1ccccc1)C(=O)CSCc1cc(C)cc(C)c1. The van der Waals surface area contributed by atoms with Crippen LogP contribution in [0.25, 0.3) is 0 Å². The van der Waals surface area contributed by atoms with Crippen molar-refractivity contribution in [3.05, 3.63) is 70.8 Å². The number of rotatable bonds is 10. The summed E-state index contributed by atoms with van der Waals surface area (Å²) >= 11 is 1.60. The molecule has 2 aromatic carbocycles. The molecule has 2 aromatic rings. The lowest BCUT2D eigenvalue weighted by Gasteiger charge is -2.30. The Morgan fingerprint density at radius 3 is 2.24 bits per heavy atom. The first-order valence-electron chi connectivity index (χ1n) is 10.2. The third-order valence-corrected chi connectivity index (χ3v) is 5.70. The van der Waals surface area contributed by atoms with E-state index in [1.807, 2.05) is 44.2 Å². The van der Waals surface area contributed by atoms with E-state index >= 15 is 0 Å². The molecule has 0 saturated carbocycles. The molecule has 0 aliphatic heterocycles. The summed E-state index contributed by atoms with van der Waals surface area (Å²) in [5.41, 5.74) is 4.73. The van der Waals surface area contributed by atoms with Gasteiger partial charge in [0.1, 0.15) is 6.04 Å². The molecule has 5 heteroatoms. The van der Waals surface area contributed by atoms with E-state index in [9.17, 15) is 9.59 Å². The van der Waals surface area contributed by atoms with Crippen LogP contribution in [0.5, 0.6) is 0 Å². The number of benzene rings is 2. The Bertz CT molecular complexity index is 788. The zero-order chi connectivity index (χ0) is 21.2. The zero-order valence-corrected chi connectivity index (χ0v) is 18.7. The van der Waals surface area contributed by atoms with E-state index in [1.54, 1.807) is 16.7 Å². The van der Waals surface area contributed by atoms with E-state index in [-0.39, 0.29) is 11.8 Å². The molecule has 1 atom stereocenters. The second-order valence-corrected chi connectivity index (χ2v) is 8.30. The van der Waals surface area contributed by atoms with Gasteiger partial charge in [0.2, 0.25) is 11.8 Å². The van der Waals surface area contributed by atoms with E-state index < -0.39 is 6.04 Å². The molecule has 0 radical (unpaired) electrons. The van der Waals surface area contributed by atoms with E-state index in [0.29, 0.717) is 25.3 Å². The van der Waals surface area contributed by atoms with Gasteiger partial charge in [-0.3, -0.25) is 9.59 Å². The Kier molecular flexibility index (Phi) is 9.26. The molecule has 29 heavy (non-hydrogen) atoms. The molecule has 1 N–H and O–H groups in total. The largest absolute Gasteiger partial charge is 0.355 e. The molecule has 0 bridgehead atoms. The maximum Gasteiger partial charge on any atom is 0.242 e. The van der Waals surface area contributed by atoms with Gasteiger partial charge >= 0.3 is 0 Å². The molecule has 0 aromatic heterocycles. The van der Waals surface area contributed by atoms with Crippen LogP contribution < -0.4 is 5.32 Å². The van der Waals surface area contributed by atoms with Crippen molar-refractivity contribution in [1.29, 1.82) is 0 Å². The highest BCUT2D eigenvalue weighted by molar-refractivity contribution is 7.99. The predicted molar refractivity (Wildman–Crippen MR) is 122 cm³/mol. The Balaban J connectivity index is 2.09. The van der Waals surface area contributed by atoms with Gasteiger partial charge in [-0.25, -0.2) is 0 Å². The molecule has 0 saturated heterocycles. The maximum absolute atomic E-state index is 13.1. The minimum Gasteiger partial charge on any atom is -0.355 e. The lowest BCUT2D eigenvalue weighted by atomic mass is 10.1. The number of nitrogens with zero attached hydrogens (tertiary/aromatic N) is 1. The normalized spacial score (nSPS) is 11.7. The van der Waals surface area contributed by atoms with E-state index in [2.05, 4.69) is 37.4 Å². The van der Waals surface area contributed by atoms with Crippen molar-refractivity contribution in [3.63, 3.8) is 0 Å². The third-order valence-electron chi connectivity index (χ3n) is 4.71. The van der Waals surface area contributed by atoms with Gasteiger partial charge in [-0.2, -0.15) is 0 Å². The summed E-state index contributed by atoms with van der Waals surface area (Å²) in [6, 6.07) is 15.9. The van der Waals surface area contributed by atoms with Gasteiger partial charge in [-0.1, -0.05) is 66.6 Å². The Labute approximate surface area is 179 Å². The lowest BCUT2D eigenvalue weighted by molar-refractivity contribution is -0.139. The molecular formula is C24H32N2O2S. The number of aryl methyl sites for hydroxylation is 2. The van der Waals surface area contributed by atoms with Crippen molar-refractivity contribution < 1.29 is 9.59 Å². The van der Waals surface area contributed by atoms with E-state index in [1.165, 1.54) is 16.7 Å².